The standard InChI is InChI=1S/C17H16BrNO3/c1-21-15-7-13-12(10-3-5-11(18)6-4-10)8-17(20)19-14(13)9-16(15)22-2/h3-7,9,12H,8H2,1-2H3,(H,19,20)/t12-/m1/s1. The fraction of sp³-hybridized carbons (Fsp3) is 0.235. The van der Waals surface area contributed by atoms with Crippen LogP contribution in [0.2, 0.25) is 0 Å². The van der Waals surface area contributed by atoms with E-state index in [0.29, 0.717) is 17.9 Å². The van der Waals surface area contributed by atoms with Crippen molar-refractivity contribution >= 4 is 27.5 Å². The van der Waals surface area contributed by atoms with Gasteiger partial charge in [-0.15, -0.1) is 0 Å². The third-order valence-electron chi connectivity index (χ3n) is 3.87. The summed E-state index contributed by atoms with van der Waals surface area (Å²) in [4.78, 5) is 12.0. The first-order chi connectivity index (χ1) is 10.6. The molecule has 1 amide bonds. The van der Waals surface area contributed by atoms with E-state index in [1.807, 2.05) is 36.4 Å². The van der Waals surface area contributed by atoms with E-state index in [2.05, 4.69) is 21.2 Å². The predicted octanol–water partition coefficient (Wildman–Crippen LogP) is 3.94. The first-order valence-electron chi connectivity index (χ1n) is 6.93. The van der Waals surface area contributed by atoms with Crippen molar-refractivity contribution in [3.05, 3.63) is 52.0 Å². The van der Waals surface area contributed by atoms with Crippen LogP contribution in [-0.4, -0.2) is 20.1 Å². The molecule has 0 aromatic heterocycles. The average Bonchev–Trinajstić information content (AvgIpc) is 2.53. The monoisotopic (exact) mass is 361 g/mol. The summed E-state index contributed by atoms with van der Waals surface area (Å²) in [5.41, 5.74) is 2.92. The van der Waals surface area contributed by atoms with Crippen LogP contribution in [0.25, 0.3) is 0 Å². The summed E-state index contributed by atoms with van der Waals surface area (Å²) in [6.07, 6.45) is 0.421. The second-order valence-corrected chi connectivity index (χ2v) is 6.07. The van der Waals surface area contributed by atoms with E-state index in [1.54, 1.807) is 14.2 Å². The lowest BCUT2D eigenvalue weighted by Crippen LogP contribution is -2.23. The van der Waals surface area contributed by atoms with Crippen LogP contribution in [-0.2, 0) is 4.79 Å². The molecule has 4 nitrogen and oxygen atoms in total. The van der Waals surface area contributed by atoms with Crippen molar-refractivity contribution in [3.8, 4) is 11.5 Å². The number of carbonyl (C=O) groups excluding carboxylic acids is 1. The molecule has 2 aromatic rings. The van der Waals surface area contributed by atoms with Crippen molar-refractivity contribution in [1.29, 1.82) is 0 Å². The number of nitrogens with one attached hydrogen (secondary N) is 1. The molecule has 22 heavy (non-hydrogen) atoms. The van der Waals surface area contributed by atoms with Crippen molar-refractivity contribution in [2.45, 2.75) is 12.3 Å². The molecular weight excluding hydrogens is 346 g/mol. The number of hydrogen-bond acceptors (Lipinski definition) is 3. The number of carbonyl (C=O) groups is 1. The largest absolute Gasteiger partial charge is 0.493 e. The van der Waals surface area contributed by atoms with Crippen molar-refractivity contribution < 1.29 is 14.3 Å². The highest BCUT2D eigenvalue weighted by Gasteiger charge is 2.28. The van der Waals surface area contributed by atoms with Gasteiger partial charge in [-0.2, -0.15) is 0 Å². The number of anilines is 1. The molecule has 0 saturated carbocycles. The van der Waals surface area contributed by atoms with Crippen molar-refractivity contribution in [1.82, 2.24) is 0 Å². The Morgan fingerprint density at radius 1 is 1.09 bits per heavy atom. The highest BCUT2D eigenvalue weighted by Crippen LogP contribution is 2.43. The summed E-state index contributed by atoms with van der Waals surface area (Å²) >= 11 is 3.44. The summed E-state index contributed by atoms with van der Waals surface area (Å²) < 4.78 is 11.7. The fourth-order valence-electron chi connectivity index (χ4n) is 2.78. The zero-order valence-electron chi connectivity index (χ0n) is 12.4. The van der Waals surface area contributed by atoms with Gasteiger partial charge in [-0.1, -0.05) is 28.1 Å². The number of ether oxygens (including phenoxy) is 2. The second-order valence-electron chi connectivity index (χ2n) is 5.15. The zero-order valence-corrected chi connectivity index (χ0v) is 13.9. The maximum absolute atomic E-state index is 12.0. The Bertz CT molecular complexity index is 713. The maximum atomic E-state index is 12.0. The van der Waals surface area contributed by atoms with E-state index >= 15 is 0 Å². The van der Waals surface area contributed by atoms with Crippen molar-refractivity contribution in [2.75, 3.05) is 19.5 Å². The molecule has 1 aliphatic heterocycles. The smallest absolute Gasteiger partial charge is 0.225 e. The summed E-state index contributed by atoms with van der Waals surface area (Å²) in [5.74, 6) is 1.29. The first-order valence-corrected chi connectivity index (χ1v) is 7.73. The Kier molecular flexibility index (Phi) is 4.07. The molecule has 0 bridgehead atoms. The molecule has 0 spiro atoms. The number of hydrogen-bond donors (Lipinski definition) is 1. The van der Waals surface area contributed by atoms with Gasteiger partial charge in [0.15, 0.2) is 11.5 Å². The molecule has 114 valence electrons. The van der Waals surface area contributed by atoms with Crippen LogP contribution < -0.4 is 14.8 Å². The second kappa shape index (κ2) is 6.01. The van der Waals surface area contributed by atoms with E-state index < -0.39 is 0 Å². The summed E-state index contributed by atoms with van der Waals surface area (Å²) in [6.45, 7) is 0. The predicted molar refractivity (Wildman–Crippen MR) is 88.8 cm³/mol. The van der Waals surface area contributed by atoms with Crippen LogP contribution in [0.1, 0.15) is 23.5 Å². The van der Waals surface area contributed by atoms with E-state index in [9.17, 15) is 4.79 Å². The lowest BCUT2D eigenvalue weighted by Gasteiger charge is -2.27. The van der Waals surface area contributed by atoms with Crippen LogP contribution in [0.5, 0.6) is 11.5 Å². The highest BCUT2D eigenvalue weighted by molar-refractivity contribution is 9.10. The molecule has 2 aromatic carbocycles. The van der Waals surface area contributed by atoms with E-state index in [-0.39, 0.29) is 11.8 Å². The summed E-state index contributed by atoms with van der Waals surface area (Å²) in [7, 11) is 3.20. The normalized spacial score (nSPS) is 16.7. The topological polar surface area (TPSA) is 47.6 Å². The molecule has 1 aliphatic rings. The lowest BCUT2D eigenvalue weighted by atomic mass is 9.84. The Morgan fingerprint density at radius 3 is 2.36 bits per heavy atom. The number of rotatable bonds is 3. The molecule has 1 heterocycles. The van der Waals surface area contributed by atoms with Gasteiger partial charge in [-0.3, -0.25) is 4.79 Å². The quantitative estimate of drug-likeness (QED) is 0.900. The summed E-state index contributed by atoms with van der Waals surface area (Å²) in [5, 5.41) is 2.91. The highest BCUT2D eigenvalue weighted by atomic mass is 79.9. The number of amides is 1. The van der Waals surface area contributed by atoms with Crippen LogP contribution in [0.3, 0.4) is 0 Å². The van der Waals surface area contributed by atoms with Gasteiger partial charge in [0.05, 0.1) is 14.2 Å². The number of benzene rings is 2. The van der Waals surface area contributed by atoms with Crippen LogP contribution >= 0.6 is 15.9 Å². The molecule has 1 N–H and O–H groups in total. The van der Waals surface area contributed by atoms with Crippen LogP contribution in [0, 0.1) is 0 Å². The SMILES string of the molecule is COc1cc2c(cc1OC)[C@@H](c1ccc(Br)cc1)CC(=O)N2. The molecule has 0 unspecified atom stereocenters. The molecule has 5 heteroatoms. The van der Waals surface area contributed by atoms with E-state index in [0.717, 1.165) is 21.3 Å². The zero-order chi connectivity index (χ0) is 15.7. The van der Waals surface area contributed by atoms with Gasteiger partial charge >= 0.3 is 0 Å². The minimum atomic E-state index is 0.00707. The molecule has 1 atom stereocenters. The van der Waals surface area contributed by atoms with Gasteiger partial charge < -0.3 is 14.8 Å². The minimum absolute atomic E-state index is 0.00707. The fourth-order valence-corrected chi connectivity index (χ4v) is 3.04. The molecule has 0 aliphatic carbocycles. The molecule has 0 radical (unpaired) electrons. The Labute approximate surface area is 137 Å². The van der Waals surface area contributed by atoms with Crippen molar-refractivity contribution in [2.24, 2.45) is 0 Å². The Balaban J connectivity index is 2.11. The van der Waals surface area contributed by atoms with Gasteiger partial charge in [0, 0.05) is 28.6 Å². The number of fused-ring (bicyclic) bond motifs is 1. The van der Waals surface area contributed by atoms with Crippen LogP contribution in [0.15, 0.2) is 40.9 Å². The number of halogens is 1. The molecule has 0 fully saturated rings. The van der Waals surface area contributed by atoms with Gasteiger partial charge in [0.25, 0.3) is 0 Å². The van der Waals surface area contributed by atoms with E-state index in [1.165, 1.54) is 0 Å². The minimum Gasteiger partial charge on any atom is -0.493 e. The summed E-state index contributed by atoms with van der Waals surface area (Å²) in [6, 6.07) is 11.8. The van der Waals surface area contributed by atoms with Crippen LogP contribution in [0.4, 0.5) is 5.69 Å². The third kappa shape index (κ3) is 2.68. The third-order valence-corrected chi connectivity index (χ3v) is 4.40. The maximum Gasteiger partial charge on any atom is 0.225 e. The Hall–Kier alpha value is -2.01. The van der Waals surface area contributed by atoms with Gasteiger partial charge in [0.1, 0.15) is 0 Å². The van der Waals surface area contributed by atoms with Gasteiger partial charge in [0.2, 0.25) is 5.91 Å². The van der Waals surface area contributed by atoms with E-state index in [4.69, 9.17) is 9.47 Å². The van der Waals surface area contributed by atoms with Crippen molar-refractivity contribution in [3.63, 3.8) is 0 Å². The molecule has 0 saturated heterocycles. The molecular formula is C17H16BrNO3. The lowest BCUT2D eigenvalue weighted by molar-refractivity contribution is -0.116. The Morgan fingerprint density at radius 2 is 1.73 bits per heavy atom. The van der Waals surface area contributed by atoms with Gasteiger partial charge in [-0.25, -0.2) is 0 Å². The molecule has 3 rings (SSSR count). The average molecular weight is 362 g/mol. The van der Waals surface area contributed by atoms with Gasteiger partial charge in [-0.05, 0) is 29.3 Å². The first kappa shape index (κ1) is 14.9. The number of methoxy groups -OCH3 is 2.